The Morgan fingerprint density at radius 2 is 2.06 bits per heavy atom. The Bertz CT molecular complexity index is 389. The average molecular weight is 231 g/mol. The van der Waals surface area contributed by atoms with Crippen molar-refractivity contribution >= 4 is 11.4 Å². The number of hydrogen-bond donors (Lipinski definition) is 2. The number of nitriles is 1. The van der Waals surface area contributed by atoms with E-state index in [-0.39, 0.29) is 0 Å². The van der Waals surface area contributed by atoms with E-state index >= 15 is 0 Å². The quantitative estimate of drug-likeness (QED) is 0.739. The molecule has 0 fully saturated rings. The van der Waals surface area contributed by atoms with E-state index < -0.39 is 0 Å². The second-order valence-electron chi connectivity index (χ2n) is 4.31. The van der Waals surface area contributed by atoms with Gasteiger partial charge >= 0.3 is 0 Å². The molecule has 0 spiro atoms. The second-order valence-corrected chi connectivity index (χ2v) is 4.31. The van der Waals surface area contributed by atoms with Crippen LogP contribution in [0, 0.1) is 17.2 Å². The van der Waals surface area contributed by atoms with Gasteiger partial charge in [0, 0.05) is 17.9 Å². The fourth-order valence-corrected chi connectivity index (χ4v) is 1.79. The zero-order chi connectivity index (χ0) is 12.7. The van der Waals surface area contributed by atoms with Crippen LogP contribution >= 0.6 is 0 Å². The van der Waals surface area contributed by atoms with Crippen molar-refractivity contribution in [2.45, 2.75) is 33.1 Å². The van der Waals surface area contributed by atoms with E-state index in [2.05, 4.69) is 25.2 Å². The Hall–Kier alpha value is -1.69. The van der Waals surface area contributed by atoms with Crippen LogP contribution < -0.4 is 11.1 Å². The summed E-state index contributed by atoms with van der Waals surface area (Å²) in [6, 6.07) is 7.94. The van der Waals surface area contributed by atoms with Gasteiger partial charge in [-0.25, -0.2) is 0 Å². The van der Waals surface area contributed by atoms with Gasteiger partial charge in [0.05, 0.1) is 12.5 Å². The third-order valence-electron chi connectivity index (χ3n) is 3.16. The Morgan fingerprint density at radius 3 is 2.65 bits per heavy atom. The van der Waals surface area contributed by atoms with Crippen LogP contribution in [0.5, 0.6) is 0 Å². The van der Waals surface area contributed by atoms with Gasteiger partial charge in [-0.1, -0.05) is 26.7 Å². The highest BCUT2D eigenvalue weighted by Gasteiger charge is 2.04. The molecular weight excluding hydrogens is 210 g/mol. The Morgan fingerprint density at radius 1 is 1.35 bits per heavy atom. The maximum Gasteiger partial charge on any atom is 0.0670 e. The molecule has 0 aromatic heterocycles. The van der Waals surface area contributed by atoms with E-state index in [1.54, 1.807) is 0 Å². The summed E-state index contributed by atoms with van der Waals surface area (Å²) < 4.78 is 0. The maximum absolute atomic E-state index is 8.70. The third-order valence-corrected chi connectivity index (χ3v) is 3.16. The smallest absolute Gasteiger partial charge is 0.0670 e. The molecule has 1 aromatic carbocycles. The summed E-state index contributed by atoms with van der Waals surface area (Å²) in [5, 5.41) is 12.1. The lowest BCUT2D eigenvalue weighted by Crippen LogP contribution is -2.12. The van der Waals surface area contributed by atoms with Crippen molar-refractivity contribution in [3.05, 3.63) is 23.8 Å². The van der Waals surface area contributed by atoms with Crippen molar-refractivity contribution in [3.63, 3.8) is 0 Å². The van der Waals surface area contributed by atoms with Gasteiger partial charge in [-0.15, -0.1) is 0 Å². The van der Waals surface area contributed by atoms with Crippen LogP contribution in [0.1, 0.15) is 32.3 Å². The van der Waals surface area contributed by atoms with Crippen molar-refractivity contribution in [2.24, 2.45) is 5.92 Å². The summed E-state index contributed by atoms with van der Waals surface area (Å²) in [4.78, 5) is 0. The molecule has 17 heavy (non-hydrogen) atoms. The topological polar surface area (TPSA) is 61.8 Å². The summed E-state index contributed by atoms with van der Waals surface area (Å²) in [6.45, 7) is 5.39. The molecule has 1 rings (SSSR count). The molecule has 0 saturated carbocycles. The highest BCUT2D eigenvalue weighted by atomic mass is 14.9. The van der Waals surface area contributed by atoms with Crippen LogP contribution in [0.2, 0.25) is 0 Å². The first-order valence-electron chi connectivity index (χ1n) is 6.20. The molecule has 0 atom stereocenters. The maximum atomic E-state index is 8.70. The van der Waals surface area contributed by atoms with Gasteiger partial charge in [-0.3, -0.25) is 0 Å². The van der Waals surface area contributed by atoms with Gasteiger partial charge < -0.3 is 11.1 Å². The van der Waals surface area contributed by atoms with E-state index in [9.17, 15) is 0 Å². The summed E-state index contributed by atoms with van der Waals surface area (Å²) in [5.41, 5.74) is 8.46. The Balaban J connectivity index is 2.66. The van der Waals surface area contributed by atoms with Crippen LogP contribution in [-0.2, 0) is 6.42 Å². The first-order chi connectivity index (χ1) is 8.21. The lowest BCUT2D eigenvalue weighted by Gasteiger charge is -2.15. The molecule has 0 unspecified atom stereocenters. The Kier molecular flexibility index (Phi) is 5.35. The van der Waals surface area contributed by atoms with E-state index in [0.717, 1.165) is 17.8 Å². The van der Waals surface area contributed by atoms with E-state index in [1.807, 2.05) is 18.2 Å². The fourth-order valence-electron chi connectivity index (χ4n) is 1.79. The standard InChI is InChI=1S/C14H21N3/c1-3-11(4-2)10-17-13-5-6-14(16)12(9-13)7-8-15/h5-6,9,11,17H,3-4,7,10,16H2,1-2H3. The number of benzene rings is 1. The van der Waals surface area contributed by atoms with Gasteiger partial charge in [0.15, 0.2) is 0 Å². The second kappa shape index (κ2) is 6.80. The van der Waals surface area contributed by atoms with Crippen LogP contribution in [0.3, 0.4) is 0 Å². The van der Waals surface area contributed by atoms with Crippen molar-refractivity contribution in [1.82, 2.24) is 0 Å². The molecule has 3 heteroatoms. The molecule has 0 aliphatic heterocycles. The predicted octanol–water partition coefficient (Wildman–Crippen LogP) is 3.18. The molecule has 0 aliphatic rings. The molecule has 1 aromatic rings. The van der Waals surface area contributed by atoms with Crippen LogP contribution in [0.15, 0.2) is 18.2 Å². The summed E-state index contributed by atoms with van der Waals surface area (Å²) in [7, 11) is 0. The predicted molar refractivity (Wildman–Crippen MR) is 72.7 cm³/mol. The van der Waals surface area contributed by atoms with E-state index in [0.29, 0.717) is 18.0 Å². The van der Waals surface area contributed by atoms with Crippen LogP contribution in [-0.4, -0.2) is 6.54 Å². The number of nitrogens with zero attached hydrogens (tertiary/aromatic N) is 1. The monoisotopic (exact) mass is 231 g/mol. The zero-order valence-corrected chi connectivity index (χ0v) is 10.7. The molecule has 92 valence electrons. The van der Waals surface area contributed by atoms with Crippen LogP contribution in [0.4, 0.5) is 11.4 Å². The molecule has 0 heterocycles. The molecule has 0 bridgehead atoms. The SMILES string of the molecule is CCC(CC)CNc1ccc(N)c(CC#N)c1. The van der Waals surface area contributed by atoms with Crippen molar-refractivity contribution in [2.75, 3.05) is 17.6 Å². The number of nitrogen functional groups attached to an aromatic ring is 1. The minimum absolute atomic E-state index is 0.367. The molecule has 0 amide bonds. The highest BCUT2D eigenvalue weighted by Crippen LogP contribution is 2.19. The summed E-state index contributed by atoms with van der Waals surface area (Å²) in [5.74, 6) is 0.701. The van der Waals surface area contributed by atoms with Gasteiger partial charge in [0.25, 0.3) is 0 Å². The van der Waals surface area contributed by atoms with Crippen molar-refractivity contribution in [1.29, 1.82) is 5.26 Å². The number of nitrogens with one attached hydrogen (secondary N) is 1. The molecule has 3 N–H and O–H groups in total. The molecule has 3 nitrogen and oxygen atoms in total. The minimum atomic E-state index is 0.367. The number of anilines is 2. The number of rotatable bonds is 6. The highest BCUT2D eigenvalue weighted by molar-refractivity contribution is 5.58. The van der Waals surface area contributed by atoms with Gasteiger partial charge in [0.1, 0.15) is 0 Å². The van der Waals surface area contributed by atoms with E-state index in [1.165, 1.54) is 12.8 Å². The molecule has 0 radical (unpaired) electrons. The van der Waals surface area contributed by atoms with E-state index in [4.69, 9.17) is 11.0 Å². The zero-order valence-electron chi connectivity index (χ0n) is 10.7. The number of hydrogen-bond acceptors (Lipinski definition) is 3. The third kappa shape index (κ3) is 3.99. The average Bonchev–Trinajstić information content (AvgIpc) is 2.34. The van der Waals surface area contributed by atoms with Gasteiger partial charge in [0.2, 0.25) is 0 Å². The molecule has 0 saturated heterocycles. The van der Waals surface area contributed by atoms with Crippen LogP contribution in [0.25, 0.3) is 0 Å². The lowest BCUT2D eigenvalue weighted by atomic mass is 10.0. The Labute approximate surface area is 104 Å². The lowest BCUT2D eigenvalue weighted by molar-refractivity contribution is 0.519. The van der Waals surface area contributed by atoms with Crippen molar-refractivity contribution < 1.29 is 0 Å². The normalized spacial score (nSPS) is 10.2. The number of nitrogens with two attached hydrogens (primary N) is 1. The molecule has 0 aliphatic carbocycles. The first kappa shape index (κ1) is 13.4. The minimum Gasteiger partial charge on any atom is -0.398 e. The molecular formula is C14H21N3. The first-order valence-corrected chi connectivity index (χ1v) is 6.20. The summed E-state index contributed by atoms with van der Waals surface area (Å²) >= 11 is 0. The van der Waals surface area contributed by atoms with Crippen molar-refractivity contribution in [3.8, 4) is 6.07 Å². The fraction of sp³-hybridized carbons (Fsp3) is 0.500. The van der Waals surface area contributed by atoms with Gasteiger partial charge in [-0.2, -0.15) is 5.26 Å². The largest absolute Gasteiger partial charge is 0.398 e. The van der Waals surface area contributed by atoms with Gasteiger partial charge in [-0.05, 0) is 29.7 Å². The summed E-state index contributed by atoms with van der Waals surface area (Å²) in [6.07, 6.45) is 2.74.